The van der Waals surface area contributed by atoms with E-state index in [1.54, 1.807) is 48.8 Å². The summed E-state index contributed by atoms with van der Waals surface area (Å²) in [6.07, 6.45) is 4.93. The summed E-state index contributed by atoms with van der Waals surface area (Å²) >= 11 is 0. The number of pyridine rings is 1. The van der Waals surface area contributed by atoms with E-state index in [-0.39, 0.29) is 29.5 Å². The van der Waals surface area contributed by atoms with Crippen LogP contribution in [0.15, 0.2) is 64.9 Å². The molecule has 4 rings (SSSR count). The highest BCUT2D eigenvalue weighted by atomic mass is 32.2. The van der Waals surface area contributed by atoms with Gasteiger partial charge in [-0.2, -0.15) is 4.31 Å². The Morgan fingerprint density at radius 3 is 2.79 bits per heavy atom. The molecule has 1 amide bonds. The van der Waals surface area contributed by atoms with Gasteiger partial charge in [0.15, 0.2) is 5.60 Å². The van der Waals surface area contributed by atoms with Gasteiger partial charge in [0.25, 0.3) is 5.91 Å². The molecule has 1 N–H and O–H groups in total. The van der Waals surface area contributed by atoms with Gasteiger partial charge in [-0.25, -0.2) is 8.42 Å². The number of rotatable bonds is 5. The van der Waals surface area contributed by atoms with Crippen LogP contribution >= 0.6 is 0 Å². The van der Waals surface area contributed by atoms with E-state index >= 15 is 0 Å². The van der Waals surface area contributed by atoms with E-state index in [4.69, 9.17) is 4.84 Å². The summed E-state index contributed by atoms with van der Waals surface area (Å²) in [5.74, 6) is -0.311. The Kier molecular flexibility index (Phi) is 5.33. The molecule has 9 heteroatoms. The maximum atomic E-state index is 12.9. The lowest BCUT2D eigenvalue weighted by Crippen LogP contribution is -2.50. The van der Waals surface area contributed by atoms with Crippen LogP contribution in [0.4, 0.5) is 0 Å². The maximum Gasteiger partial charge on any atom is 0.269 e. The van der Waals surface area contributed by atoms with Crippen LogP contribution in [-0.2, 0) is 26.2 Å². The van der Waals surface area contributed by atoms with Gasteiger partial charge in [0, 0.05) is 31.9 Å². The van der Waals surface area contributed by atoms with Gasteiger partial charge in [0.1, 0.15) is 5.71 Å². The van der Waals surface area contributed by atoms with Crippen molar-refractivity contribution in [2.75, 3.05) is 13.1 Å². The third-order valence-electron chi connectivity index (χ3n) is 5.16. The zero-order valence-corrected chi connectivity index (χ0v) is 16.6. The molecule has 8 nitrogen and oxygen atoms in total. The minimum absolute atomic E-state index is 0.174. The van der Waals surface area contributed by atoms with Crippen molar-refractivity contribution >= 4 is 21.6 Å². The van der Waals surface area contributed by atoms with Crippen molar-refractivity contribution in [3.63, 3.8) is 0 Å². The Morgan fingerprint density at radius 2 is 2.03 bits per heavy atom. The van der Waals surface area contributed by atoms with Crippen molar-refractivity contribution in [2.24, 2.45) is 5.16 Å². The second kappa shape index (κ2) is 7.92. The number of hydrogen-bond acceptors (Lipinski definition) is 6. The summed E-state index contributed by atoms with van der Waals surface area (Å²) in [7, 11) is -3.61. The van der Waals surface area contributed by atoms with Gasteiger partial charge >= 0.3 is 0 Å². The van der Waals surface area contributed by atoms with Gasteiger partial charge in [-0.15, -0.1) is 0 Å². The number of carbonyl (C=O) groups is 1. The van der Waals surface area contributed by atoms with Crippen molar-refractivity contribution in [2.45, 2.75) is 36.3 Å². The zero-order valence-electron chi connectivity index (χ0n) is 15.8. The molecule has 0 aliphatic carbocycles. The predicted octanol–water partition coefficient (Wildman–Crippen LogP) is 1.70. The first kappa shape index (κ1) is 19.5. The average Bonchev–Trinajstić information content (AvgIpc) is 3.16. The lowest BCUT2D eigenvalue weighted by Gasteiger charge is -2.37. The van der Waals surface area contributed by atoms with Crippen molar-refractivity contribution in [1.82, 2.24) is 14.6 Å². The van der Waals surface area contributed by atoms with Crippen molar-refractivity contribution in [3.05, 3.63) is 60.4 Å². The van der Waals surface area contributed by atoms with Gasteiger partial charge in [-0.05, 0) is 36.6 Å². The Hall–Kier alpha value is -2.78. The highest BCUT2D eigenvalue weighted by Crippen LogP contribution is 2.35. The summed E-state index contributed by atoms with van der Waals surface area (Å²) in [5.41, 5.74) is 0.377. The smallest absolute Gasteiger partial charge is 0.269 e. The molecule has 1 atom stereocenters. The first-order chi connectivity index (χ1) is 14.0. The molecule has 152 valence electrons. The van der Waals surface area contributed by atoms with E-state index in [2.05, 4.69) is 15.5 Å². The summed E-state index contributed by atoms with van der Waals surface area (Å²) in [4.78, 5) is 22.4. The molecule has 1 aromatic carbocycles. The fourth-order valence-corrected chi connectivity index (χ4v) is 5.23. The zero-order chi connectivity index (χ0) is 20.3. The number of carbonyl (C=O) groups excluding carboxylic acids is 1. The van der Waals surface area contributed by atoms with E-state index in [1.807, 2.05) is 6.07 Å². The number of sulfonamides is 1. The Balaban J connectivity index is 1.40. The van der Waals surface area contributed by atoms with E-state index in [9.17, 15) is 13.2 Å². The predicted molar refractivity (Wildman–Crippen MR) is 106 cm³/mol. The van der Waals surface area contributed by atoms with Crippen LogP contribution < -0.4 is 5.32 Å². The van der Waals surface area contributed by atoms with Crippen LogP contribution in [0.5, 0.6) is 0 Å². The molecule has 29 heavy (non-hydrogen) atoms. The van der Waals surface area contributed by atoms with Crippen molar-refractivity contribution < 1.29 is 18.0 Å². The molecule has 2 aromatic rings. The van der Waals surface area contributed by atoms with Gasteiger partial charge in [-0.1, -0.05) is 29.4 Å². The molecule has 1 saturated heterocycles. The summed E-state index contributed by atoms with van der Waals surface area (Å²) in [5, 5.41) is 6.79. The lowest BCUT2D eigenvalue weighted by atomic mass is 9.89. The maximum absolute atomic E-state index is 12.9. The quantitative estimate of drug-likeness (QED) is 0.803. The van der Waals surface area contributed by atoms with E-state index in [0.29, 0.717) is 25.9 Å². The standard InChI is InChI=1S/C20H22N4O4S/c25-19(22-14-16-6-4-10-21-13-16)18-12-20(28-23-18)9-5-11-24(15-20)29(26,27)17-7-2-1-3-8-17/h1-4,6-8,10,13H,5,9,11-12,14-15H2,(H,22,25). The molecule has 1 fully saturated rings. The molecule has 0 radical (unpaired) electrons. The lowest BCUT2D eigenvalue weighted by molar-refractivity contribution is -0.115. The third kappa shape index (κ3) is 4.15. The number of nitrogens with zero attached hydrogens (tertiary/aromatic N) is 3. The SMILES string of the molecule is O=C(NCc1cccnc1)C1=NOC2(CCCN(S(=O)(=O)c3ccccc3)C2)C1. The fourth-order valence-electron chi connectivity index (χ4n) is 3.65. The minimum atomic E-state index is -3.61. The van der Waals surface area contributed by atoms with Gasteiger partial charge in [0.05, 0.1) is 11.4 Å². The monoisotopic (exact) mass is 414 g/mol. The Bertz CT molecular complexity index is 1010. The number of aromatic nitrogens is 1. The first-order valence-corrected chi connectivity index (χ1v) is 10.9. The van der Waals surface area contributed by atoms with Gasteiger partial charge < -0.3 is 10.2 Å². The molecule has 1 unspecified atom stereocenters. The first-order valence-electron chi connectivity index (χ1n) is 9.46. The molecule has 1 aromatic heterocycles. The Labute approximate surface area is 169 Å². The molecule has 0 saturated carbocycles. The van der Waals surface area contributed by atoms with Gasteiger partial charge in [0.2, 0.25) is 10.0 Å². The summed E-state index contributed by atoms with van der Waals surface area (Å²) in [6, 6.07) is 12.0. The molecular weight excluding hydrogens is 392 g/mol. The second-order valence-corrected chi connectivity index (χ2v) is 9.23. The van der Waals surface area contributed by atoms with Crippen molar-refractivity contribution in [3.8, 4) is 0 Å². The van der Waals surface area contributed by atoms with Gasteiger partial charge in [-0.3, -0.25) is 9.78 Å². The number of piperidine rings is 1. The van der Waals surface area contributed by atoms with E-state index in [1.165, 1.54) is 4.31 Å². The highest BCUT2D eigenvalue weighted by molar-refractivity contribution is 7.89. The van der Waals surface area contributed by atoms with E-state index < -0.39 is 15.6 Å². The number of benzene rings is 1. The number of hydrogen-bond donors (Lipinski definition) is 1. The normalized spacial score (nSPS) is 22.1. The molecule has 2 aliphatic heterocycles. The molecule has 1 spiro atoms. The Morgan fingerprint density at radius 1 is 1.21 bits per heavy atom. The average molecular weight is 414 g/mol. The number of oxime groups is 1. The van der Waals surface area contributed by atoms with E-state index in [0.717, 1.165) is 5.56 Å². The van der Waals surface area contributed by atoms with Crippen LogP contribution in [-0.4, -0.2) is 48.0 Å². The minimum Gasteiger partial charge on any atom is -0.387 e. The summed E-state index contributed by atoms with van der Waals surface area (Å²) < 4.78 is 27.3. The molecule has 0 bridgehead atoms. The number of nitrogens with one attached hydrogen (secondary N) is 1. The number of amides is 1. The highest BCUT2D eigenvalue weighted by Gasteiger charge is 2.47. The van der Waals surface area contributed by atoms with Crippen LogP contribution in [0.2, 0.25) is 0 Å². The van der Waals surface area contributed by atoms with Crippen LogP contribution in [0.25, 0.3) is 0 Å². The molecular formula is C20H22N4O4S. The van der Waals surface area contributed by atoms with Crippen LogP contribution in [0, 0.1) is 0 Å². The summed E-state index contributed by atoms with van der Waals surface area (Å²) in [6.45, 7) is 0.936. The molecule has 2 aliphatic rings. The largest absolute Gasteiger partial charge is 0.387 e. The van der Waals surface area contributed by atoms with Crippen molar-refractivity contribution in [1.29, 1.82) is 0 Å². The topological polar surface area (TPSA) is 101 Å². The van der Waals surface area contributed by atoms with Crippen LogP contribution in [0.1, 0.15) is 24.8 Å². The third-order valence-corrected chi connectivity index (χ3v) is 7.02. The molecule has 3 heterocycles. The fraction of sp³-hybridized carbons (Fsp3) is 0.350. The second-order valence-electron chi connectivity index (χ2n) is 7.29. The van der Waals surface area contributed by atoms with Crippen LogP contribution in [0.3, 0.4) is 0 Å².